The molecule has 0 atom stereocenters. The van der Waals surface area contributed by atoms with Crippen molar-refractivity contribution in [2.75, 3.05) is 6.61 Å². The highest BCUT2D eigenvalue weighted by molar-refractivity contribution is 14.1. The summed E-state index contributed by atoms with van der Waals surface area (Å²) in [6, 6.07) is 11.7. The summed E-state index contributed by atoms with van der Waals surface area (Å²) in [5.41, 5.74) is 1.19. The van der Waals surface area contributed by atoms with Gasteiger partial charge in [-0.25, -0.2) is 0 Å². The summed E-state index contributed by atoms with van der Waals surface area (Å²) in [4.78, 5) is 10.4. The highest BCUT2D eigenvalue weighted by Gasteiger charge is 2.13. The minimum absolute atomic E-state index is 0.0191. The number of halogens is 1. The number of ether oxygens (including phenoxy) is 2. The molecule has 0 radical (unpaired) electrons. The zero-order valence-corrected chi connectivity index (χ0v) is 14.4. The first kappa shape index (κ1) is 17.0. The number of nitro groups is 1. The molecule has 0 heterocycles. The van der Waals surface area contributed by atoms with Crippen molar-refractivity contribution in [3.05, 3.63) is 61.2 Å². The fourth-order valence-electron chi connectivity index (χ4n) is 1.95. The van der Waals surface area contributed by atoms with Gasteiger partial charge < -0.3 is 9.47 Å². The summed E-state index contributed by atoms with van der Waals surface area (Å²) in [5.74, 6) is 1.01. The second kappa shape index (κ2) is 7.78. The van der Waals surface area contributed by atoms with Crippen LogP contribution in [-0.4, -0.2) is 11.5 Å². The summed E-state index contributed by atoms with van der Waals surface area (Å²) in [7, 11) is 0. The molecule has 118 valence electrons. The van der Waals surface area contributed by atoms with Gasteiger partial charge in [0.2, 0.25) is 0 Å². The van der Waals surface area contributed by atoms with Gasteiger partial charge in [0.15, 0.2) is 11.5 Å². The average molecular weight is 424 g/mol. The largest absolute Gasteiger partial charge is 0.490 e. The number of nitro benzene ring substituents is 1. The molecule has 0 aliphatic carbocycles. The Kier molecular flexibility index (Phi) is 5.76. The molecule has 23 heavy (non-hydrogen) atoms. The van der Waals surface area contributed by atoms with Gasteiger partial charge in [-0.1, -0.05) is 12.1 Å². The molecular formula is C16H13IN2O4. The maximum Gasteiger partial charge on any atom is 0.269 e. The lowest BCUT2D eigenvalue weighted by Gasteiger charge is -2.14. The van der Waals surface area contributed by atoms with Crippen LogP contribution in [0.5, 0.6) is 11.5 Å². The molecule has 2 aromatic carbocycles. The molecule has 0 saturated carbocycles. The Bertz CT molecular complexity index is 771. The lowest BCUT2D eigenvalue weighted by molar-refractivity contribution is -0.384. The maximum atomic E-state index is 10.8. The van der Waals surface area contributed by atoms with Crippen molar-refractivity contribution in [2.24, 2.45) is 0 Å². The van der Waals surface area contributed by atoms with Crippen molar-refractivity contribution in [1.82, 2.24) is 0 Å². The summed E-state index contributed by atoms with van der Waals surface area (Å²) in [5, 5.41) is 19.8. The quantitative estimate of drug-likeness (QED) is 0.397. The summed E-state index contributed by atoms with van der Waals surface area (Å²) >= 11 is 2.07. The molecule has 0 fully saturated rings. The molecule has 6 nitrogen and oxygen atoms in total. The van der Waals surface area contributed by atoms with E-state index in [1.165, 1.54) is 12.1 Å². The van der Waals surface area contributed by atoms with E-state index in [1.54, 1.807) is 24.3 Å². The number of non-ortho nitro benzene ring substituents is 1. The molecular weight excluding hydrogens is 411 g/mol. The highest BCUT2D eigenvalue weighted by atomic mass is 127. The molecule has 0 bridgehead atoms. The van der Waals surface area contributed by atoms with Crippen LogP contribution < -0.4 is 9.47 Å². The Labute approximate surface area is 146 Å². The minimum Gasteiger partial charge on any atom is -0.490 e. The van der Waals surface area contributed by atoms with Crippen molar-refractivity contribution in [3.8, 4) is 17.6 Å². The smallest absolute Gasteiger partial charge is 0.269 e. The Morgan fingerprint density at radius 1 is 1.30 bits per heavy atom. The summed E-state index contributed by atoms with van der Waals surface area (Å²) in [6.45, 7) is 2.46. The van der Waals surface area contributed by atoms with Crippen LogP contribution in [0.15, 0.2) is 36.4 Å². The third kappa shape index (κ3) is 4.32. The zero-order chi connectivity index (χ0) is 16.8. The van der Waals surface area contributed by atoms with Gasteiger partial charge in [-0.2, -0.15) is 5.26 Å². The van der Waals surface area contributed by atoms with Crippen LogP contribution in [0.1, 0.15) is 18.1 Å². The van der Waals surface area contributed by atoms with Crippen LogP contribution in [0.2, 0.25) is 0 Å². The van der Waals surface area contributed by atoms with Crippen LogP contribution in [0, 0.1) is 25.0 Å². The normalized spacial score (nSPS) is 9.96. The third-order valence-electron chi connectivity index (χ3n) is 2.94. The molecule has 7 heteroatoms. The van der Waals surface area contributed by atoms with Crippen LogP contribution in [0.3, 0.4) is 0 Å². The molecule has 0 spiro atoms. The molecule has 0 amide bonds. The Balaban J connectivity index is 2.25. The number of benzene rings is 2. The van der Waals surface area contributed by atoms with Gasteiger partial charge in [-0.3, -0.25) is 10.1 Å². The average Bonchev–Trinajstić information content (AvgIpc) is 2.54. The standard InChI is InChI=1S/C16H13IN2O4/c1-2-22-15-8-12(9-18)7-14(17)16(15)23-10-11-4-3-5-13(6-11)19(20)21/h3-8H,2,10H2,1H3. The fraction of sp³-hybridized carbons (Fsp3) is 0.188. The SMILES string of the molecule is CCOc1cc(C#N)cc(I)c1OCc1cccc([N+](=O)[O-])c1. The molecule has 2 rings (SSSR count). The topological polar surface area (TPSA) is 85.4 Å². The predicted octanol–water partition coefficient (Wildman–Crippen LogP) is 4.05. The van der Waals surface area contributed by atoms with E-state index in [1.807, 2.05) is 6.92 Å². The number of rotatable bonds is 6. The number of hydrogen-bond donors (Lipinski definition) is 0. The molecule has 0 unspecified atom stereocenters. The van der Waals surface area contributed by atoms with Crippen molar-refractivity contribution in [3.63, 3.8) is 0 Å². The summed E-state index contributed by atoms with van der Waals surface area (Å²) in [6.07, 6.45) is 0. The van der Waals surface area contributed by atoms with Crippen LogP contribution in [-0.2, 0) is 6.61 Å². The van der Waals surface area contributed by atoms with Crippen molar-refractivity contribution in [1.29, 1.82) is 5.26 Å². The highest BCUT2D eigenvalue weighted by Crippen LogP contribution is 2.34. The van der Waals surface area contributed by atoms with E-state index in [0.29, 0.717) is 29.2 Å². The van der Waals surface area contributed by atoms with E-state index in [2.05, 4.69) is 28.7 Å². The van der Waals surface area contributed by atoms with Gasteiger partial charge in [0.05, 0.1) is 26.7 Å². The number of nitrogens with zero attached hydrogens (tertiary/aromatic N) is 2. The van der Waals surface area contributed by atoms with Crippen molar-refractivity contribution < 1.29 is 14.4 Å². The van der Waals surface area contributed by atoms with Crippen LogP contribution >= 0.6 is 22.6 Å². The lowest BCUT2D eigenvalue weighted by atomic mass is 10.2. The van der Waals surface area contributed by atoms with Gasteiger partial charge >= 0.3 is 0 Å². The van der Waals surface area contributed by atoms with E-state index in [0.717, 1.165) is 3.57 Å². The van der Waals surface area contributed by atoms with Gasteiger partial charge in [-0.05, 0) is 41.1 Å². The number of hydrogen-bond acceptors (Lipinski definition) is 5. The first-order valence-corrected chi connectivity index (χ1v) is 7.85. The van der Waals surface area contributed by atoms with E-state index < -0.39 is 4.92 Å². The fourth-order valence-corrected chi connectivity index (χ4v) is 2.71. The lowest BCUT2D eigenvalue weighted by Crippen LogP contribution is -2.02. The zero-order valence-electron chi connectivity index (χ0n) is 12.3. The Morgan fingerprint density at radius 3 is 2.74 bits per heavy atom. The molecule has 0 saturated heterocycles. The predicted molar refractivity (Wildman–Crippen MR) is 92.5 cm³/mol. The first-order valence-electron chi connectivity index (χ1n) is 6.77. The maximum absolute atomic E-state index is 10.8. The van der Waals surface area contributed by atoms with Gasteiger partial charge in [0.25, 0.3) is 5.69 Å². The van der Waals surface area contributed by atoms with Crippen LogP contribution in [0.4, 0.5) is 5.69 Å². The van der Waals surface area contributed by atoms with Crippen LogP contribution in [0.25, 0.3) is 0 Å². The van der Waals surface area contributed by atoms with E-state index in [-0.39, 0.29) is 12.3 Å². The van der Waals surface area contributed by atoms with E-state index in [9.17, 15) is 10.1 Å². The first-order chi connectivity index (χ1) is 11.0. The summed E-state index contributed by atoms with van der Waals surface area (Å²) < 4.78 is 12.0. The van der Waals surface area contributed by atoms with Gasteiger partial charge in [-0.15, -0.1) is 0 Å². The molecule has 0 N–H and O–H groups in total. The third-order valence-corrected chi connectivity index (χ3v) is 3.74. The van der Waals surface area contributed by atoms with Crippen molar-refractivity contribution >= 4 is 28.3 Å². The minimum atomic E-state index is -0.444. The number of nitriles is 1. The Hall–Kier alpha value is -2.34. The molecule has 0 aliphatic heterocycles. The second-order valence-electron chi connectivity index (χ2n) is 4.55. The molecule has 2 aromatic rings. The van der Waals surface area contributed by atoms with Gasteiger partial charge in [0.1, 0.15) is 6.61 Å². The second-order valence-corrected chi connectivity index (χ2v) is 5.71. The monoisotopic (exact) mass is 424 g/mol. The van der Waals surface area contributed by atoms with E-state index in [4.69, 9.17) is 14.7 Å². The molecule has 0 aliphatic rings. The van der Waals surface area contributed by atoms with Gasteiger partial charge in [0, 0.05) is 18.2 Å². The van der Waals surface area contributed by atoms with Crippen molar-refractivity contribution in [2.45, 2.75) is 13.5 Å². The Morgan fingerprint density at radius 2 is 2.09 bits per heavy atom. The van der Waals surface area contributed by atoms with E-state index >= 15 is 0 Å². The molecule has 0 aromatic heterocycles.